The number of sulfone groups is 2. The van der Waals surface area contributed by atoms with E-state index in [4.69, 9.17) is 16.7 Å². The van der Waals surface area contributed by atoms with Crippen LogP contribution in [0.15, 0.2) is 23.1 Å². The van der Waals surface area contributed by atoms with Gasteiger partial charge in [0.2, 0.25) is 0 Å². The predicted molar refractivity (Wildman–Crippen MR) is 79.4 cm³/mol. The second kappa shape index (κ2) is 6.76. The molecule has 0 saturated carbocycles. The van der Waals surface area contributed by atoms with Crippen molar-refractivity contribution in [2.75, 3.05) is 17.3 Å². The Morgan fingerprint density at radius 3 is 2.24 bits per heavy atom. The van der Waals surface area contributed by atoms with Crippen LogP contribution in [0.2, 0.25) is 5.02 Å². The van der Waals surface area contributed by atoms with Crippen LogP contribution in [0, 0.1) is 0 Å². The predicted octanol–water partition coefficient (Wildman–Crippen LogP) is 1.64. The second-order valence-electron chi connectivity index (χ2n) is 4.42. The van der Waals surface area contributed by atoms with Crippen LogP contribution < -0.4 is 0 Å². The summed E-state index contributed by atoms with van der Waals surface area (Å²) in [5, 5.41) is 8.61. The fourth-order valence-electron chi connectivity index (χ4n) is 1.63. The zero-order chi connectivity index (χ0) is 16.3. The molecule has 0 aliphatic rings. The molecule has 0 bridgehead atoms. The van der Waals surface area contributed by atoms with Crippen LogP contribution in [0.25, 0.3) is 0 Å². The lowest BCUT2D eigenvalue weighted by Gasteiger charge is -2.07. The van der Waals surface area contributed by atoms with Gasteiger partial charge in [-0.3, -0.25) is 0 Å². The van der Waals surface area contributed by atoms with Gasteiger partial charge < -0.3 is 5.11 Å². The average Bonchev–Trinajstić information content (AvgIpc) is 2.36. The zero-order valence-electron chi connectivity index (χ0n) is 11.2. The third-order valence-corrected chi connectivity index (χ3v) is 6.85. The van der Waals surface area contributed by atoms with E-state index >= 15 is 0 Å². The summed E-state index contributed by atoms with van der Waals surface area (Å²) in [6, 6.07) is 3.21. The molecule has 0 aliphatic carbocycles. The van der Waals surface area contributed by atoms with Gasteiger partial charge in [0.15, 0.2) is 19.7 Å². The van der Waals surface area contributed by atoms with Crippen molar-refractivity contribution in [3.8, 4) is 0 Å². The molecule has 21 heavy (non-hydrogen) atoms. The Morgan fingerprint density at radius 2 is 1.76 bits per heavy atom. The summed E-state index contributed by atoms with van der Waals surface area (Å²) < 4.78 is 47.2. The highest BCUT2D eigenvalue weighted by atomic mass is 35.5. The molecular weight excluding hydrogens is 340 g/mol. The molecule has 0 amide bonds. The van der Waals surface area contributed by atoms with Crippen LogP contribution in [0.3, 0.4) is 0 Å². The molecule has 0 atom stereocenters. The van der Waals surface area contributed by atoms with Crippen LogP contribution in [0.5, 0.6) is 0 Å². The van der Waals surface area contributed by atoms with Crippen molar-refractivity contribution in [1.82, 2.24) is 0 Å². The number of carboxylic acid groups (broad SMARTS) is 1. The topological polar surface area (TPSA) is 106 Å². The van der Waals surface area contributed by atoms with Crippen molar-refractivity contribution >= 4 is 37.2 Å². The van der Waals surface area contributed by atoms with Crippen LogP contribution in [-0.2, 0) is 19.7 Å². The Morgan fingerprint density at radius 1 is 1.14 bits per heavy atom. The molecule has 6 nitrogen and oxygen atoms in total. The van der Waals surface area contributed by atoms with Gasteiger partial charge in [-0.05, 0) is 24.6 Å². The number of benzene rings is 1. The lowest BCUT2D eigenvalue weighted by atomic mass is 10.2. The molecule has 0 spiro atoms. The summed E-state index contributed by atoms with van der Waals surface area (Å²) in [5.74, 6) is -2.37. The van der Waals surface area contributed by atoms with Gasteiger partial charge in [0.1, 0.15) is 0 Å². The van der Waals surface area contributed by atoms with Crippen molar-refractivity contribution in [3.63, 3.8) is 0 Å². The van der Waals surface area contributed by atoms with Crippen molar-refractivity contribution in [2.45, 2.75) is 18.2 Å². The van der Waals surface area contributed by atoms with E-state index in [1.165, 1.54) is 0 Å². The number of rotatable bonds is 7. The van der Waals surface area contributed by atoms with Gasteiger partial charge >= 0.3 is 5.97 Å². The Labute approximate surface area is 128 Å². The van der Waals surface area contributed by atoms with Crippen molar-refractivity contribution in [3.05, 3.63) is 28.8 Å². The summed E-state index contributed by atoms with van der Waals surface area (Å²) in [6.07, 6.45) is 0.418. The molecule has 118 valence electrons. The first-order valence-electron chi connectivity index (χ1n) is 6.05. The normalized spacial score (nSPS) is 12.3. The number of halogens is 1. The quantitative estimate of drug-likeness (QED) is 0.797. The van der Waals surface area contributed by atoms with E-state index in [2.05, 4.69) is 0 Å². The molecule has 1 N–H and O–H groups in total. The highest BCUT2D eigenvalue weighted by Gasteiger charge is 2.21. The number of hydrogen-bond donors (Lipinski definition) is 1. The molecule has 9 heteroatoms. The van der Waals surface area contributed by atoms with Gasteiger partial charge in [-0.15, -0.1) is 0 Å². The monoisotopic (exact) mass is 354 g/mol. The highest BCUT2D eigenvalue weighted by Crippen LogP contribution is 2.22. The van der Waals surface area contributed by atoms with E-state index in [0.717, 1.165) is 18.2 Å². The summed E-state index contributed by atoms with van der Waals surface area (Å²) in [6.45, 7) is 1.69. The largest absolute Gasteiger partial charge is 0.478 e. The molecule has 0 aromatic heterocycles. The Hall–Kier alpha value is -1.12. The van der Waals surface area contributed by atoms with E-state index in [0.29, 0.717) is 6.42 Å². The van der Waals surface area contributed by atoms with Crippen molar-refractivity contribution in [2.24, 2.45) is 0 Å². The standard InChI is InChI=1S/C12H15ClO6S2/c1-2-5-20(16,17)6-7-21(18,19)9-3-4-10(12(14)15)11(13)8-9/h3-4,8H,2,5-7H2,1H3,(H,14,15). The maximum absolute atomic E-state index is 12.0. The third-order valence-electron chi connectivity index (χ3n) is 2.71. The molecule has 0 fully saturated rings. The van der Waals surface area contributed by atoms with Gasteiger partial charge in [0.05, 0.1) is 27.0 Å². The molecule has 1 rings (SSSR count). The van der Waals surface area contributed by atoms with Gasteiger partial charge in [0, 0.05) is 5.75 Å². The molecular formula is C12H15ClO6S2. The fraction of sp³-hybridized carbons (Fsp3) is 0.417. The second-order valence-corrected chi connectivity index (χ2v) is 9.24. The maximum atomic E-state index is 12.0. The SMILES string of the molecule is CCCS(=O)(=O)CCS(=O)(=O)c1ccc(C(=O)O)c(Cl)c1. The van der Waals surface area contributed by atoms with Gasteiger partial charge in [0.25, 0.3) is 0 Å². The zero-order valence-corrected chi connectivity index (χ0v) is 13.6. The lowest BCUT2D eigenvalue weighted by Crippen LogP contribution is -2.19. The van der Waals surface area contributed by atoms with E-state index in [1.807, 2.05) is 0 Å². The van der Waals surface area contributed by atoms with E-state index in [9.17, 15) is 21.6 Å². The molecule has 0 unspecified atom stereocenters. The minimum atomic E-state index is -3.83. The molecule has 0 saturated heterocycles. The van der Waals surface area contributed by atoms with Crippen LogP contribution in [-0.4, -0.2) is 45.2 Å². The smallest absolute Gasteiger partial charge is 0.337 e. The first-order valence-corrected chi connectivity index (χ1v) is 9.90. The summed E-state index contributed by atoms with van der Waals surface area (Å²) in [7, 11) is -7.24. The van der Waals surface area contributed by atoms with Gasteiger partial charge in [-0.1, -0.05) is 18.5 Å². The van der Waals surface area contributed by atoms with Crippen LogP contribution in [0.4, 0.5) is 0 Å². The first-order chi connectivity index (χ1) is 9.59. The Balaban J connectivity index is 2.99. The first kappa shape index (κ1) is 17.9. The average molecular weight is 355 g/mol. The van der Waals surface area contributed by atoms with Crippen molar-refractivity contribution < 1.29 is 26.7 Å². The Kier molecular flexibility index (Phi) is 5.77. The Bertz CT molecular complexity index is 737. The molecule has 0 radical (unpaired) electrons. The van der Waals surface area contributed by atoms with Crippen LogP contribution in [0.1, 0.15) is 23.7 Å². The molecule has 0 aliphatic heterocycles. The molecule has 1 aromatic carbocycles. The van der Waals surface area contributed by atoms with E-state index < -0.39 is 37.1 Å². The van der Waals surface area contributed by atoms with E-state index in [-0.39, 0.29) is 21.2 Å². The number of carbonyl (C=O) groups is 1. The van der Waals surface area contributed by atoms with Crippen molar-refractivity contribution in [1.29, 1.82) is 0 Å². The molecule has 1 aromatic rings. The third kappa shape index (κ3) is 4.98. The van der Waals surface area contributed by atoms with Crippen LogP contribution >= 0.6 is 11.6 Å². The minimum absolute atomic E-state index is 0.0682. The molecule has 0 heterocycles. The number of carboxylic acids is 1. The highest BCUT2D eigenvalue weighted by molar-refractivity contribution is 7.95. The minimum Gasteiger partial charge on any atom is -0.478 e. The van der Waals surface area contributed by atoms with Gasteiger partial charge in [-0.2, -0.15) is 0 Å². The summed E-state index contributed by atoms with van der Waals surface area (Å²) >= 11 is 5.71. The lowest BCUT2D eigenvalue weighted by molar-refractivity contribution is 0.0697. The maximum Gasteiger partial charge on any atom is 0.337 e. The van der Waals surface area contributed by atoms with Gasteiger partial charge in [-0.25, -0.2) is 21.6 Å². The number of aromatic carboxylic acids is 1. The number of hydrogen-bond acceptors (Lipinski definition) is 5. The summed E-state index contributed by atoms with van der Waals surface area (Å²) in [5.41, 5.74) is -0.214. The fourth-order valence-corrected chi connectivity index (χ4v) is 5.48. The van der Waals surface area contributed by atoms with E-state index in [1.54, 1.807) is 6.92 Å². The summed E-state index contributed by atoms with van der Waals surface area (Å²) in [4.78, 5) is 10.6.